The Balaban J connectivity index is 2.76. The fourth-order valence-corrected chi connectivity index (χ4v) is 1.94. The number of carbonyl (C=O) groups is 1. The van der Waals surface area contributed by atoms with Crippen molar-refractivity contribution in [1.29, 1.82) is 0 Å². The van der Waals surface area contributed by atoms with Gasteiger partial charge in [0.05, 0.1) is 6.61 Å². The van der Waals surface area contributed by atoms with Gasteiger partial charge in [-0.1, -0.05) is 0 Å². The highest BCUT2D eigenvalue weighted by Crippen LogP contribution is 2.38. The van der Waals surface area contributed by atoms with Crippen LogP contribution in [0.3, 0.4) is 0 Å². The Morgan fingerprint density at radius 2 is 2.06 bits per heavy atom. The second-order valence-corrected chi connectivity index (χ2v) is 4.00. The van der Waals surface area contributed by atoms with Gasteiger partial charge in [-0.25, -0.2) is 4.79 Å². The van der Waals surface area contributed by atoms with Crippen LogP contribution < -0.4 is 0 Å². The quantitative estimate of drug-likeness (QED) is 0.632. The van der Waals surface area contributed by atoms with E-state index in [0.29, 0.717) is 22.3 Å². The van der Waals surface area contributed by atoms with Gasteiger partial charge in [-0.05, 0) is 26.8 Å². The molecule has 1 heterocycles. The van der Waals surface area contributed by atoms with Gasteiger partial charge in [-0.3, -0.25) is 0 Å². The number of aromatic hydroxyl groups is 2. The molecule has 2 aromatic rings. The molecule has 0 amide bonds. The highest BCUT2D eigenvalue weighted by molar-refractivity contribution is 6.06. The van der Waals surface area contributed by atoms with E-state index in [9.17, 15) is 15.0 Å². The van der Waals surface area contributed by atoms with E-state index in [2.05, 4.69) is 0 Å². The third-order valence-electron chi connectivity index (χ3n) is 2.82. The second kappa shape index (κ2) is 4.25. The first-order valence-corrected chi connectivity index (χ1v) is 5.59. The van der Waals surface area contributed by atoms with Crippen LogP contribution in [0.15, 0.2) is 10.5 Å². The minimum absolute atomic E-state index is 0.244. The molecule has 1 aromatic heterocycles. The first-order valence-electron chi connectivity index (χ1n) is 5.59. The molecule has 0 aliphatic rings. The average Bonchev–Trinajstić information content (AvgIpc) is 2.63. The molecule has 0 unspecified atom stereocenters. The van der Waals surface area contributed by atoms with Crippen molar-refractivity contribution in [3.63, 3.8) is 0 Å². The Hall–Kier alpha value is -2.17. The minimum Gasteiger partial charge on any atom is -0.504 e. The molecule has 0 saturated carbocycles. The number of hydrogen-bond acceptors (Lipinski definition) is 5. The van der Waals surface area contributed by atoms with Crippen LogP contribution in [-0.4, -0.2) is 22.8 Å². The molecule has 96 valence electrons. The standard InChI is InChI=1S/C13H14O5/c1-4-17-13(16)10-7(3)18-12-6(2)11(15)9(14)5-8(10)12/h5,14-15H,4H2,1-3H3. The lowest BCUT2D eigenvalue weighted by Crippen LogP contribution is -2.05. The zero-order valence-corrected chi connectivity index (χ0v) is 10.4. The lowest BCUT2D eigenvalue weighted by Gasteiger charge is -2.03. The van der Waals surface area contributed by atoms with E-state index in [0.717, 1.165) is 0 Å². The summed E-state index contributed by atoms with van der Waals surface area (Å²) in [5.41, 5.74) is 1.06. The van der Waals surface area contributed by atoms with E-state index in [4.69, 9.17) is 9.15 Å². The molecular formula is C13H14O5. The molecule has 2 N–H and O–H groups in total. The number of rotatable bonds is 2. The summed E-state index contributed by atoms with van der Waals surface area (Å²) in [6, 6.07) is 1.31. The fourth-order valence-electron chi connectivity index (χ4n) is 1.94. The predicted molar refractivity (Wildman–Crippen MR) is 65.0 cm³/mol. The van der Waals surface area contributed by atoms with Crippen LogP contribution in [0.5, 0.6) is 11.5 Å². The van der Waals surface area contributed by atoms with Crippen molar-refractivity contribution in [2.24, 2.45) is 0 Å². The van der Waals surface area contributed by atoms with Crippen LogP contribution in [0, 0.1) is 13.8 Å². The monoisotopic (exact) mass is 250 g/mol. The molecule has 0 atom stereocenters. The van der Waals surface area contributed by atoms with Gasteiger partial charge in [0.15, 0.2) is 11.5 Å². The Morgan fingerprint density at radius 1 is 1.39 bits per heavy atom. The Labute approximate surface area is 104 Å². The number of phenols is 2. The van der Waals surface area contributed by atoms with Crippen LogP contribution in [0.25, 0.3) is 11.0 Å². The molecular weight excluding hydrogens is 236 g/mol. The summed E-state index contributed by atoms with van der Waals surface area (Å²) in [4.78, 5) is 11.8. The third kappa shape index (κ3) is 1.68. The zero-order chi connectivity index (χ0) is 13.4. The Kier molecular flexibility index (Phi) is 2.90. The fraction of sp³-hybridized carbons (Fsp3) is 0.308. The number of fused-ring (bicyclic) bond motifs is 1. The summed E-state index contributed by atoms with van der Waals surface area (Å²) in [7, 11) is 0. The summed E-state index contributed by atoms with van der Waals surface area (Å²) in [6.07, 6.45) is 0. The maximum Gasteiger partial charge on any atom is 0.342 e. The second-order valence-electron chi connectivity index (χ2n) is 4.00. The number of furan rings is 1. The number of carbonyl (C=O) groups excluding carboxylic acids is 1. The van der Waals surface area contributed by atoms with Crippen LogP contribution in [0.2, 0.25) is 0 Å². The van der Waals surface area contributed by atoms with Crippen molar-refractivity contribution in [2.45, 2.75) is 20.8 Å². The molecule has 2 rings (SSSR count). The summed E-state index contributed by atoms with van der Waals surface area (Å²) >= 11 is 0. The number of hydrogen-bond donors (Lipinski definition) is 2. The summed E-state index contributed by atoms with van der Waals surface area (Å²) in [6.45, 7) is 5.22. The molecule has 0 bridgehead atoms. The van der Waals surface area contributed by atoms with Gasteiger partial charge in [0, 0.05) is 10.9 Å². The molecule has 0 saturated heterocycles. The number of benzene rings is 1. The van der Waals surface area contributed by atoms with Crippen molar-refractivity contribution in [1.82, 2.24) is 0 Å². The van der Waals surface area contributed by atoms with E-state index in [1.165, 1.54) is 6.07 Å². The minimum atomic E-state index is -0.502. The summed E-state index contributed by atoms with van der Waals surface area (Å²) < 4.78 is 10.4. The van der Waals surface area contributed by atoms with Gasteiger partial charge < -0.3 is 19.4 Å². The molecule has 0 aliphatic heterocycles. The van der Waals surface area contributed by atoms with Crippen molar-refractivity contribution >= 4 is 16.9 Å². The lowest BCUT2D eigenvalue weighted by molar-refractivity contribution is 0.0526. The van der Waals surface area contributed by atoms with E-state index >= 15 is 0 Å². The van der Waals surface area contributed by atoms with Crippen molar-refractivity contribution in [2.75, 3.05) is 6.61 Å². The van der Waals surface area contributed by atoms with Crippen molar-refractivity contribution < 1.29 is 24.2 Å². The Bertz CT molecular complexity index is 624. The van der Waals surface area contributed by atoms with Gasteiger partial charge >= 0.3 is 5.97 Å². The van der Waals surface area contributed by atoms with Gasteiger partial charge in [-0.15, -0.1) is 0 Å². The molecule has 5 nitrogen and oxygen atoms in total. The number of phenolic OH excluding ortho intramolecular Hbond substituents is 2. The molecule has 0 spiro atoms. The molecule has 5 heteroatoms. The van der Waals surface area contributed by atoms with Crippen LogP contribution >= 0.6 is 0 Å². The zero-order valence-electron chi connectivity index (χ0n) is 10.4. The van der Waals surface area contributed by atoms with E-state index < -0.39 is 5.97 Å². The average molecular weight is 250 g/mol. The maximum absolute atomic E-state index is 11.8. The van der Waals surface area contributed by atoms with Gasteiger partial charge in [-0.2, -0.15) is 0 Å². The van der Waals surface area contributed by atoms with E-state index in [1.807, 2.05) is 0 Å². The highest BCUT2D eigenvalue weighted by Gasteiger charge is 2.23. The third-order valence-corrected chi connectivity index (χ3v) is 2.82. The molecule has 1 aromatic carbocycles. The molecule has 0 fully saturated rings. The normalized spacial score (nSPS) is 10.8. The highest BCUT2D eigenvalue weighted by atomic mass is 16.5. The number of ether oxygens (including phenoxy) is 1. The Morgan fingerprint density at radius 3 is 2.67 bits per heavy atom. The van der Waals surface area contributed by atoms with Crippen molar-refractivity contribution in [3.05, 3.63) is 23.0 Å². The van der Waals surface area contributed by atoms with Gasteiger partial charge in [0.25, 0.3) is 0 Å². The van der Waals surface area contributed by atoms with Crippen LogP contribution in [0.1, 0.15) is 28.6 Å². The molecule has 0 radical (unpaired) electrons. The number of esters is 1. The van der Waals surface area contributed by atoms with E-state index in [1.54, 1.807) is 20.8 Å². The predicted octanol–water partition coefficient (Wildman–Crippen LogP) is 2.64. The van der Waals surface area contributed by atoms with Gasteiger partial charge in [0.2, 0.25) is 0 Å². The topological polar surface area (TPSA) is 79.9 Å². The lowest BCUT2D eigenvalue weighted by atomic mass is 10.1. The van der Waals surface area contributed by atoms with Crippen molar-refractivity contribution in [3.8, 4) is 11.5 Å². The molecule has 0 aliphatic carbocycles. The first-order chi connectivity index (χ1) is 8.47. The molecule has 18 heavy (non-hydrogen) atoms. The smallest absolute Gasteiger partial charge is 0.342 e. The SMILES string of the molecule is CCOC(=O)c1c(C)oc2c(C)c(O)c(O)cc12. The van der Waals surface area contributed by atoms with Crippen LogP contribution in [-0.2, 0) is 4.74 Å². The van der Waals surface area contributed by atoms with Gasteiger partial charge in [0.1, 0.15) is 16.9 Å². The maximum atomic E-state index is 11.8. The summed E-state index contributed by atoms with van der Waals surface area (Å²) in [5.74, 6) is -0.632. The van der Waals surface area contributed by atoms with E-state index in [-0.39, 0.29) is 23.7 Å². The summed E-state index contributed by atoms with van der Waals surface area (Å²) in [5, 5.41) is 19.7. The van der Waals surface area contributed by atoms with Crippen LogP contribution in [0.4, 0.5) is 0 Å². The first kappa shape index (κ1) is 12.3. The number of aryl methyl sites for hydroxylation is 2. The largest absolute Gasteiger partial charge is 0.504 e.